The van der Waals surface area contributed by atoms with Gasteiger partial charge in [-0.2, -0.15) is 0 Å². The van der Waals surface area contributed by atoms with E-state index in [1.165, 1.54) is 17.0 Å². The van der Waals surface area contributed by atoms with Gasteiger partial charge in [-0.1, -0.05) is 6.07 Å². The summed E-state index contributed by atoms with van der Waals surface area (Å²) in [5.74, 6) is -1.39. The number of aromatic hydroxyl groups is 1. The SMILES string of the molecule is CC(C)(C)OC(=O)N1CC[C@H](c2ccc(O)c(F)c2)[C@@H](O)C1. The molecule has 0 spiro atoms. The maximum absolute atomic E-state index is 13.4. The lowest BCUT2D eigenvalue weighted by atomic mass is 9.87. The number of rotatable bonds is 1. The number of hydrogen-bond donors (Lipinski definition) is 2. The third-order valence-electron chi connectivity index (χ3n) is 3.63. The van der Waals surface area contributed by atoms with Crippen molar-refractivity contribution in [3.8, 4) is 5.75 Å². The molecule has 1 aliphatic heterocycles. The lowest BCUT2D eigenvalue weighted by molar-refractivity contribution is -0.00154. The minimum Gasteiger partial charge on any atom is -0.505 e. The van der Waals surface area contributed by atoms with E-state index < -0.39 is 29.4 Å². The van der Waals surface area contributed by atoms with Crippen molar-refractivity contribution in [2.45, 2.75) is 44.8 Å². The van der Waals surface area contributed by atoms with Crippen LogP contribution in [0.15, 0.2) is 18.2 Å². The molecule has 2 N–H and O–H groups in total. The van der Waals surface area contributed by atoms with Crippen molar-refractivity contribution < 1.29 is 24.1 Å². The number of β-amino-alcohol motifs (C(OH)–C–C–N with tert-alkyl or cyclic N) is 1. The predicted octanol–water partition coefficient (Wildman–Crippen LogP) is 2.62. The van der Waals surface area contributed by atoms with Crippen molar-refractivity contribution in [1.82, 2.24) is 4.90 Å². The van der Waals surface area contributed by atoms with Gasteiger partial charge in [-0.05, 0) is 44.9 Å². The van der Waals surface area contributed by atoms with Crippen LogP contribution in [0.3, 0.4) is 0 Å². The average molecular weight is 311 g/mol. The largest absolute Gasteiger partial charge is 0.505 e. The zero-order chi connectivity index (χ0) is 16.5. The second-order valence-corrected chi connectivity index (χ2v) is 6.60. The standard InChI is InChI=1S/C16H22FNO4/c1-16(2,3)22-15(21)18-7-6-11(14(20)9-18)10-4-5-13(19)12(17)8-10/h4-5,8,11,14,19-20H,6-7,9H2,1-3H3/t11-,14+/m1/s1. The minimum atomic E-state index is -0.801. The average Bonchev–Trinajstić information content (AvgIpc) is 2.40. The van der Waals surface area contributed by atoms with Crippen LogP contribution in [0.2, 0.25) is 0 Å². The van der Waals surface area contributed by atoms with Crippen LogP contribution >= 0.6 is 0 Å². The number of carbonyl (C=O) groups is 1. The van der Waals surface area contributed by atoms with E-state index in [-0.39, 0.29) is 12.5 Å². The summed E-state index contributed by atoms with van der Waals surface area (Å²) >= 11 is 0. The molecule has 0 bridgehead atoms. The molecule has 1 saturated heterocycles. The molecular formula is C16H22FNO4. The van der Waals surface area contributed by atoms with Gasteiger partial charge < -0.3 is 19.8 Å². The molecule has 2 atom stereocenters. The number of aliphatic hydroxyl groups excluding tert-OH is 1. The summed E-state index contributed by atoms with van der Waals surface area (Å²) in [4.78, 5) is 13.5. The van der Waals surface area contributed by atoms with Crippen LogP contribution in [-0.4, -0.2) is 46.0 Å². The molecule has 1 heterocycles. The summed E-state index contributed by atoms with van der Waals surface area (Å²) in [5, 5.41) is 19.5. The normalized spacial score (nSPS) is 22.5. The van der Waals surface area contributed by atoms with Crippen molar-refractivity contribution in [3.63, 3.8) is 0 Å². The zero-order valence-electron chi connectivity index (χ0n) is 13.0. The van der Waals surface area contributed by atoms with Gasteiger partial charge in [-0.3, -0.25) is 0 Å². The molecule has 5 nitrogen and oxygen atoms in total. The third-order valence-corrected chi connectivity index (χ3v) is 3.63. The lowest BCUT2D eigenvalue weighted by Crippen LogP contribution is -2.47. The number of amides is 1. The maximum atomic E-state index is 13.4. The highest BCUT2D eigenvalue weighted by atomic mass is 19.1. The molecule has 2 rings (SSSR count). The molecule has 122 valence electrons. The summed E-state index contributed by atoms with van der Waals surface area (Å²) in [6.07, 6.45) is -0.753. The topological polar surface area (TPSA) is 70.0 Å². The van der Waals surface area contributed by atoms with Gasteiger partial charge in [-0.15, -0.1) is 0 Å². The first-order chi connectivity index (χ1) is 10.2. The molecule has 0 saturated carbocycles. The monoisotopic (exact) mass is 311 g/mol. The van der Waals surface area contributed by atoms with Gasteiger partial charge in [0.25, 0.3) is 0 Å². The Morgan fingerprint density at radius 2 is 2.09 bits per heavy atom. The molecule has 1 fully saturated rings. The smallest absolute Gasteiger partial charge is 0.410 e. The van der Waals surface area contributed by atoms with Crippen molar-refractivity contribution in [2.24, 2.45) is 0 Å². The Morgan fingerprint density at radius 1 is 1.41 bits per heavy atom. The first-order valence-corrected chi connectivity index (χ1v) is 7.32. The number of benzene rings is 1. The number of likely N-dealkylation sites (tertiary alicyclic amines) is 1. The van der Waals surface area contributed by atoms with E-state index in [4.69, 9.17) is 4.74 Å². The number of carbonyl (C=O) groups excluding carboxylic acids is 1. The van der Waals surface area contributed by atoms with Crippen LogP contribution in [0.25, 0.3) is 0 Å². The second-order valence-electron chi connectivity index (χ2n) is 6.60. The summed E-state index contributed by atoms with van der Waals surface area (Å²) in [7, 11) is 0. The van der Waals surface area contributed by atoms with Crippen molar-refractivity contribution in [2.75, 3.05) is 13.1 Å². The predicted molar refractivity (Wildman–Crippen MR) is 79.2 cm³/mol. The van der Waals surface area contributed by atoms with Crippen LogP contribution in [0, 0.1) is 5.82 Å². The van der Waals surface area contributed by atoms with Gasteiger partial charge in [-0.25, -0.2) is 9.18 Å². The number of nitrogens with zero attached hydrogens (tertiary/aromatic N) is 1. The molecule has 1 aromatic rings. The molecule has 6 heteroatoms. The maximum Gasteiger partial charge on any atom is 0.410 e. The Morgan fingerprint density at radius 3 is 2.64 bits per heavy atom. The van der Waals surface area contributed by atoms with Crippen LogP contribution in [-0.2, 0) is 4.74 Å². The molecule has 0 aliphatic carbocycles. The highest BCUT2D eigenvalue weighted by Crippen LogP contribution is 2.31. The van der Waals surface area contributed by atoms with Crippen LogP contribution < -0.4 is 0 Å². The first-order valence-electron chi connectivity index (χ1n) is 7.32. The fraction of sp³-hybridized carbons (Fsp3) is 0.562. The van der Waals surface area contributed by atoms with E-state index in [9.17, 15) is 19.4 Å². The van der Waals surface area contributed by atoms with Crippen LogP contribution in [0.5, 0.6) is 5.75 Å². The lowest BCUT2D eigenvalue weighted by Gasteiger charge is -2.36. The first kappa shape index (κ1) is 16.5. The number of ether oxygens (including phenoxy) is 1. The Balaban J connectivity index is 2.03. The Bertz CT molecular complexity index is 556. The highest BCUT2D eigenvalue weighted by molar-refractivity contribution is 5.68. The minimum absolute atomic E-state index is 0.141. The molecule has 0 radical (unpaired) electrons. The molecular weight excluding hydrogens is 289 g/mol. The summed E-state index contributed by atoms with van der Waals surface area (Å²) in [6.45, 7) is 5.93. The Hall–Kier alpha value is -1.82. The number of aliphatic hydroxyl groups is 1. The number of halogens is 1. The number of phenols is 1. The molecule has 1 aromatic carbocycles. The van der Waals surface area contributed by atoms with Crippen molar-refractivity contribution in [1.29, 1.82) is 0 Å². The summed E-state index contributed by atoms with van der Waals surface area (Å²) < 4.78 is 18.7. The van der Waals surface area contributed by atoms with Gasteiger partial charge in [0.2, 0.25) is 0 Å². The molecule has 0 aromatic heterocycles. The number of phenolic OH excluding ortho intramolecular Hbond substituents is 1. The van der Waals surface area contributed by atoms with E-state index >= 15 is 0 Å². The van der Waals surface area contributed by atoms with Gasteiger partial charge in [0, 0.05) is 12.5 Å². The van der Waals surface area contributed by atoms with E-state index in [1.54, 1.807) is 26.8 Å². The Labute approximate surface area is 129 Å². The van der Waals surface area contributed by atoms with E-state index in [1.807, 2.05) is 0 Å². The quantitative estimate of drug-likeness (QED) is 0.836. The third kappa shape index (κ3) is 3.88. The number of piperidine rings is 1. The van der Waals surface area contributed by atoms with Gasteiger partial charge in [0.15, 0.2) is 11.6 Å². The molecule has 1 amide bonds. The molecule has 1 aliphatic rings. The van der Waals surface area contributed by atoms with E-state index in [0.29, 0.717) is 18.5 Å². The van der Waals surface area contributed by atoms with Gasteiger partial charge in [0.1, 0.15) is 5.60 Å². The van der Waals surface area contributed by atoms with Crippen LogP contribution in [0.1, 0.15) is 38.7 Å². The number of hydrogen-bond acceptors (Lipinski definition) is 4. The van der Waals surface area contributed by atoms with Crippen molar-refractivity contribution >= 4 is 6.09 Å². The second kappa shape index (κ2) is 6.12. The fourth-order valence-corrected chi connectivity index (χ4v) is 2.57. The fourth-order valence-electron chi connectivity index (χ4n) is 2.57. The van der Waals surface area contributed by atoms with Gasteiger partial charge >= 0.3 is 6.09 Å². The van der Waals surface area contributed by atoms with E-state index in [2.05, 4.69) is 0 Å². The van der Waals surface area contributed by atoms with Crippen molar-refractivity contribution in [3.05, 3.63) is 29.6 Å². The zero-order valence-corrected chi connectivity index (χ0v) is 13.0. The molecule has 22 heavy (non-hydrogen) atoms. The van der Waals surface area contributed by atoms with E-state index in [0.717, 1.165) is 0 Å². The highest BCUT2D eigenvalue weighted by Gasteiger charge is 2.33. The van der Waals surface area contributed by atoms with Gasteiger partial charge in [0.05, 0.1) is 12.6 Å². The Kier molecular flexibility index (Phi) is 4.60. The van der Waals surface area contributed by atoms with Crippen LogP contribution in [0.4, 0.5) is 9.18 Å². The summed E-state index contributed by atoms with van der Waals surface area (Å²) in [6, 6.07) is 4.10. The summed E-state index contributed by atoms with van der Waals surface area (Å²) in [5.41, 5.74) is 0.0329. The molecule has 0 unspecified atom stereocenters.